The van der Waals surface area contributed by atoms with Crippen molar-refractivity contribution in [1.82, 2.24) is 35.1 Å². The molecule has 1 unspecified atom stereocenters. The number of hydrogen-bond donors (Lipinski definition) is 2. The summed E-state index contributed by atoms with van der Waals surface area (Å²) in [6.45, 7) is 8.53. The van der Waals surface area contributed by atoms with Crippen LogP contribution < -0.4 is 20.3 Å². The number of imidazole rings is 1. The molecule has 0 radical (unpaired) electrons. The summed E-state index contributed by atoms with van der Waals surface area (Å²) in [4.78, 5) is 43.8. The predicted octanol–water partition coefficient (Wildman–Crippen LogP) is 2.58. The summed E-state index contributed by atoms with van der Waals surface area (Å²) in [6.07, 6.45) is 9.39. The summed E-state index contributed by atoms with van der Waals surface area (Å²) in [6, 6.07) is 2.76. The zero-order valence-corrected chi connectivity index (χ0v) is 22.5. The lowest BCUT2D eigenvalue weighted by atomic mass is 10.1. The predicted molar refractivity (Wildman–Crippen MR) is 145 cm³/mol. The molecule has 0 saturated carbocycles. The van der Waals surface area contributed by atoms with Crippen LogP contribution in [0.4, 0.5) is 10.6 Å². The van der Waals surface area contributed by atoms with Gasteiger partial charge in [-0.05, 0) is 24.0 Å². The van der Waals surface area contributed by atoms with Gasteiger partial charge in [0.25, 0.3) is 0 Å². The van der Waals surface area contributed by atoms with E-state index < -0.39 is 6.04 Å². The minimum absolute atomic E-state index is 0.176. The van der Waals surface area contributed by atoms with E-state index in [0.29, 0.717) is 56.1 Å². The van der Waals surface area contributed by atoms with E-state index in [0.717, 1.165) is 17.7 Å². The maximum atomic E-state index is 13.5. The molecule has 0 aromatic carbocycles. The summed E-state index contributed by atoms with van der Waals surface area (Å²) < 4.78 is 12.9. The van der Waals surface area contributed by atoms with Crippen LogP contribution in [-0.2, 0) is 4.79 Å². The van der Waals surface area contributed by atoms with Crippen molar-refractivity contribution in [1.29, 1.82) is 0 Å². The number of carbonyl (C=O) groups excluding carboxylic acids is 2. The average molecular weight is 535 g/mol. The zero-order chi connectivity index (χ0) is 27.4. The molecule has 5 heterocycles. The average Bonchev–Trinajstić information content (AvgIpc) is 3.66. The number of urea groups is 1. The van der Waals surface area contributed by atoms with Gasteiger partial charge in [0.1, 0.15) is 24.8 Å². The van der Waals surface area contributed by atoms with E-state index in [1.807, 2.05) is 24.0 Å². The van der Waals surface area contributed by atoms with E-state index >= 15 is 0 Å². The fraction of sp³-hybridized carbons (Fsp3) is 0.444. The van der Waals surface area contributed by atoms with Gasteiger partial charge in [0.2, 0.25) is 11.9 Å². The first-order valence-electron chi connectivity index (χ1n) is 13.3. The molecule has 2 aliphatic rings. The Morgan fingerprint density at radius 2 is 2.08 bits per heavy atom. The second-order valence-corrected chi connectivity index (χ2v) is 9.92. The van der Waals surface area contributed by atoms with Gasteiger partial charge in [0.15, 0.2) is 11.5 Å². The van der Waals surface area contributed by atoms with Gasteiger partial charge in [0, 0.05) is 57.3 Å². The van der Waals surface area contributed by atoms with Gasteiger partial charge in [-0.2, -0.15) is 4.98 Å². The normalized spacial score (nSPS) is 16.9. The van der Waals surface area contributed by atoms with Crippen molar-refractivity contribution in [3.05, 3.63) is 54.1 Å². The van der Waals surface area contributed by atoms with Crippen LogP contribution in [0.25, 0.3) is 12.0 Å². The number of nitrogens with zero attached hydrogens (tertiary/aromatic N) is 6. The van der Waals surface area contributed by atoms with Crippen molar-refractivity contribution < 1.29 is 18.7 Å². The highest BCUT2D eigenvalue weighted by Crippen LogP contribution is 2.27. The Bertz CT molecular complexity index is 1330. The third-order valence-electron chi connectivity index (χ3n) is 6.74. The molecule has 3 aromatic heterocycles. The Kier molecular flexibility index (Phi) is 7.80. The summed E-state index contributed by atoms with van der Waals surface area (Å²) in [5.74, 6) is 2.47. The molecule has 2 aliphatic heterocycles. The second kappa shape index (κ2) is 11.6. The lowest BCUT2D eigenvalue weighted by Crippen LogP contribution is -2.62. The molecule has 12 heteroatoms. The van der Waals surface area contributed by atoms with Crippen LogP contribution in [-0.4, -0.2) is 81.7 Å². The maximum Gasteiger partial charge on any atom is 0.318 e. The Hall–Kier alpha value is -4.35. The quantitative estimate of drug-likeness (QED) is 0.451. The molecule has 3 aromatic rings. The number of piperazine rings is 1. The van der Waals surface area contributed by atoms with E-state index in [-0.39, 0.29) is 24.4 Å². The molecule has 0 aliphatic carbocycles. The number of nitrogens with one attached hydrogen (secondary N) is 2. The third kappa shape index (κ3) is 5.89. The molecule has 206 valence electrons. The molecule has 39 heavy (non-hydrogen) atoms. The second-order valence-electron chi connectivity index (χ2n) is 9.92. The highest BCUT2D eigenvalue weighted by molar-refractivity contribution is 5.88. The summed E-state index contributed by atoms with van der Waals surface area (Å²) in [5, 5.41) is 5.91. The molecular formula is C27H34N8O4. The van der Waals surface area contributed by atoms with Crippen molar-refractivity contribution in [2.45, 2.75) is 39.2 Å². The zero-order valence-electron chi connectivity index (χ0n) is 22.5. The van der Waals surface area contributed by atoms with E-state index in [4.69, 9.17) is 19.1 Å². The van der Waals surface area contributed by atoms with Crippen molar-refractivity contribution in [3.8, 4) is 11.7 Å². The number of aromatic nitrogens is 4. The van der Waals surface area contributed by atoms with Crippen LogP contribution in [0.5, 0.6) is 5.75 Å². The van der Waals surface area contributed by atoms with E-state index in [1.54, 1.807) is 40.5 Å². The van der Waals surface area contributed by atoms with Gasteiger partial charge in [-0.3, -0.25) is 9.36 Å². The van der Waals surface area contributed by atoms with Gasteiger partial charge < -0.3 is 29.6 Å². The number of fused-ring (bicyclic) bond motifs is 1. The molecule has 2 N–H and O–H groups in total. The topological polar surface area (TPSA) is 131 Å². The fourth-order valence-corrected chi connectivity index (χ4v) is 4.53. The van der Waals surface area contributed by atoms with E-state index in [1.165, 1.54) is 0 Å². The van der Waals surface area contributed by atoms with Crippen LogP contribution >= 0.6 is 0 Å². The van der Waals surface area contributed by atoms with Gasteiger partial charge >= 0.3 is 6.03 Å². The lowest BCUT2D eigenvalue weighted by Gasteiger charge is -2.41. The van der Waals surface area contributed by atoms with Crippen LogP contribution in [0.2, 0.25) is 0 Å². The first-order valence-corrected chi connectivity index (χ1v) is 13.3. The summed E-state index contributed by atoms with van der Waals surface area (Å²) in [7, 11) is 0. The monoisotopic (exact) mass is 534 g/mol. The first kappa shape index (κ1) is 26.3. The van der Waals surface area contributed by atoms with Gasteiger partial charge in [-0.25, -0.2) is 14.8 Å². The molecule has 0 spiro atoms. The van der Waals surface area contributed by atoms with Crippen LogP contribution in [0, 0.1) is 0 Å². The minimum Gasteiger partial charge on any atom is -0.485 e. The fourth-order valence-electron chi connectivity index (χ4n) is 4.53. The van der Waals surface area contributed by atoms with Gasteiger partial charge in [-0.15, -0.1) is 0 Å². The summed E-state index contributed by atoms with van der Waals surface area (Å²) in [5.41, 5.74) is 1.76. The Labute approximate surface area is 227 Å². The highest BCUT2D eigenvalue weighted by atomic mass is 16.5. The largest absolute Gasteiger partial charge is 0.485 e. The Morgan fingerprint density at radius 3 is 2.85 bits per heavy atom. The van der Waals surface area contributed by atoms with Crippen molar-refractivity contribution in [2.24, 2.45) is 0 Å². The molecule has 5 rings (SSSR count). The van der Waals surface area contributed by atoms with Gasteiger partial charge in [-0.1, -0.05) is 20.8 Å². The van der Waals surface area contributed by atoms with Crippen LogP contribution in [0.3, 0.4) is 0 Å². The van der Waals surface area contributed by atoms with Crippen molar-refractivity contribution >= 4 is 23.8 Å². The number of furan rings is 1. The third-order valence-corrected chi connectivity index (χ3v) is 6.74. The first-order chi connectivity index (χ1) is 18.9. The van der Waals surface area contributed by atoms with Crippen LogP contribution in [0.15, 0.2) is 47.1 Å². The number of carbonyl (C=O) groups is 2. The Balaban J connectivity index is 1.36. The molecule has 1 saturated heterocycles. The smallest absolute Gasteiger partial charge is 0.318 e. The number of amides is 3. The molecule has 12 nitrogen and oxygen atoms in total. The molecule has 1 fully saturated rings. The summed E-state index contributed by atoms with van der Waals surface area (Å²) >= 11 is 0. The van der Waals surface area contributed by atoms with Crippen molar-refractivity contribution in [3.63, 3.8) is 0 Å². The molecule has 0 bridgehead atoms. The van der Waals surface area contributed by atoms with Crippen LogP contribution in [0.1, 0.15) is 44.6 Å². The lowest BCUT2D eigenvalue weighted by molar-refractivity contribution is -0.125. The van der Waals surface area contributed by atoms with Crippen molar-refractivity contribution in [2.75, 3.05) is 44.2 Å². The number of hydrogen-bond acceptors (Lipinski definition) is 8. The van der Waals surface area contributed by atoms with Gasteiger partial charge in [0.05, 0.1) is 12.0 Å². The maximum absolute atomic E-state index is 13.5. The molecule has 3 amide bonds. The minimum atomic E-state index is -0.714. The highest BCUT2D eigenvalue weighted by Gasteiger charge is 2.36. The van der Waals surface area contributed by atoms with E-state index in [2.05, 4.69) is 29.5 Å². The Morgan fingerprint density at radius 1 is 1.21 bits per heavy atom. The standard InChI is InChI=1S/C27H34N8O4/c1-4-6-29-27(37)35-10-9-33(24-13-20(18(2)3)31-26(32-24)34-8-7-28-17-34)15-21(35)25(36)30-14-19-12-23-22(39-16-19)5-11-38-23/h5,7-8,11-13,17-18,21H,4,6,9-10,14-16H2,1-3H3,(H,29,37)(H,30,36). The number of rotatable bonds is 8. The number of anilines is 1. The SMILES string of the molecule is CCCNC(=O)N1CCN(c2cc(C(C)C)nc(-n3ccnc3)n2)CC1C(=O)NCC1=Cc2occc2OC1. The molecular weight excluding hydrogens is 500 g/mol. The molecule has 1 atom stereocenters. The number of ether oxygens (including phenoxy) is 1. The van der Waals surface area contributed by atoms with E-state index in [9.17, 15) is 9.59 Å².